The summed E-state index contributed by atoms with van der Waals surface area (Å²) >= 11 is 0. The van der Waals surface area contributed by atoms with Crippen LogP contribution in [-0.4, -0.2) is 24.0 Å². The molecule has 0 spiro atoms. The van der Waals surface area contributed by atoms with Gasteiger partial charge in [-0.2, -0.15) is 0 Å². The Morgan fingerprint density at radius 3 is 2.06 bits per heavy atom. The highest BCUT2D eigenvalue weighted by Gasteiger charge is 2.35. The second-order valence-corrected chi connectivity index (χ2v) is 13.8. The molecule has 4 heteroatoms. The van der Waals surface area contributed by atoms with Crippen LogP contribution >= 0.6 is 0 Å². The van der Waals surface area contributed by atoms with Crippen molar-refractivity contribution in [2.24, 2.45) is 0 Å². The Bertz CT molecular complexity index is 335. The highest BCUT2D eigenvalue weighted by molar-refractivity contribution is 6.81. The summed E-state index contributed by atoms with van der Waals surface area (Å²) < 4.78 is 11.9. The number of hydrogen-bond acceptors (Lipinski definition) is 2. The Kier molecular flexibility index (Phi) is 5.12. The van der Waals surface area contributed by atoms with Crippen LogP contribution in [0.1, 0.15) is 5.56 Å². The van der Waals surface area contributed by atoms with E-state index >= 15 is 0 Å². The zero-order chi connectivity index (χ0) is 12.9. The van der Waals surface area contributed by atoms with Gasteiger partial charge in [0, 0.05) is 7.11 Å². The SMILES string of the molecule is CO[Si](C)(CCc1ccccc1)O[Si](C)(C)C. The first-order chi connectivity index (χ1) is 7.85. The molecule has 1 unspecified atom stereocenters. The molecule has 1 aromatic rings. The third kappa shape index (κ3) is 5.63. The minimum atomic E-state index is -1.98. The first-order valence-electron chi connectivity index (χ1n) is 6.14. The van der Waals surface area contributed by atoms with E-state index < -0.39 is 16.9 Å². The Morgan fingerprint density at radius 2 is 1.59 bits per heavy atom. The molecule has 96 valence electrons. The molecule has 0 fully saturated rings. The summed E-state index contributed by atoms with van der Waals surface area (Å²) in [6, 6.07) is 11.6. The second-order valence-electron chi connectivity index (χ2n) is 5.54. The number of benzene rings is 1. The number of aryl methyl sites for hydroxylation is 1. The van der Waals surface area contributed by atoms with Gasteiger partial charge in [-0.3, -0.25) is 0 Å². The fraction of sp³-hybridized carbons (Fsp3) is 0.538. The monoisotopic (exact) mass is 268 g/mol. The summed E-state index contributed by atoms with van der Waals surface area (Å²) in [7, 11) is -1.71. The average Bonchev–Trinajstić information content (AvgIpc) is 2.26. The molecule has 0 bridgehead atoms. The maximum atomic E-state index is 6.25. The lowest BCUT2D eigenvalue weighted by molar-refractivity contribution is 0.302. The highest BCUT2D eigenvalue weighted by Crippen LogP contribution is 2.21. The van der Waals surface area contributed by atoms with Gasteiger partial charge in [0.25, 0.3) is 0 Å². The van der Waals surface area contributed by atoms with E-state index in [-0.39, 0.29) is 0 Å². The van der Waals surface area contributed by atoms with Crippen LogP contribution < -0.4 is 0 Å². The highest BCUT2D eigenvalue weighted by atomic mass is 28.4. The smallest absolute Gasteiger partial charge is 0.324 e. The topological polar surface area (TPSA) is 18.5 Å². The van der Waals surface area contributed by atoms with Crippen molar-refractivity contribution in [2.75, 3.05) is 7.11 Å². The molecule has 0 heterocycles. The normalized spacial score (nSPS) is 15.6. The van der Waals surface area contributed by atoms with E-state index in [0.717, 1.165) is 12.5 Å². The first-order valence-corrected chi connectivity index (χ1v) is 12.1. The predicted octanol–water partition coefficient (Wildman–Crippen LogP) is 3.80. The van der Waals surface area contributed by atoms with Crippen LogP contribution in [0.3, 0.4) is 0 Å². The molecular formula is C13H24O2Si2. The fourth-order valence-corrected chi connectivity index (χ4v) is 8.73. The van der Waals surface area contributed by atoms with E-state index in [2.05, 4.69) is 56.5 Å². The molecule has 0 aliphatic rings. The van der Waals surface area contributed by atoms with Gasteiger partial charge in [0.1, 0.15) is 0 Å². The Hall–Kier alpha value is -0.426. The lowest BCUT2D eigenvalue weighted by Gasteiger charge is -2.32. The zero-order valence-corrected chi connectivity index (χ0v) is 13.6. The standard InChI is InChI=1S/C13H24O2Si2/c1-14-17(5,15-16(2,3)4)12-11-13-9-7-6-8-10-13/h6-10H,11-12H2,1-5H3. The van der Waals surface area contributed by atoms with Crippen LogP contribution in [0, 0.1) is 0 Å². The van der Waals surface area contributed by atoms with E-state index in [1.807, 2.05) is 0 Å². The van der Waals surface area contributed by atoms with Gasteiger partial charge in [-0.05, 0) is 44.2 Å². The van der Waals surface area contributed by atoms with Crippen LogP contribution in [0.5, 0.6) is 0 Å². The lowest BCUT2D eigenvalue weighted by Crippen LogP contribution is -2.46. The van der Waals surface area contributed by atoms with Gasteiger partial charge in [0.05, 0.1) is 0 Å². The molecule has 1 rings (SSSR count). The van der Waals surface area contributed by atoms with E-state index in [1.54, 1.807) is 7.11 Å². The third-order valence-electron chi connectivity index (χ3n) is 2.66. The quantitative estimate of drug-likeness (QED) is 0.731. The van der Waals surface area contributed by atoms with Gasteiger partial charge in [-0.25, -0.2) is 0 Å². The van der Waals surface area contributed by atoms with E-state index in [4.69, 9.17) is 8.54 Å². The second kappa shape index (κ2) is 5.95. The average molecular weight is 269 g/mol. The van der Waals surface area contributed by atoms with E-state index in [9.17, 15) is 0 Å². The molecule has 0 aliphatic carbocycles. The van der Waals surface area contributed by atoms with Gasteiger partial charge in [0.15, 0.2) is 8.32 Å². The van der Waals surface area contributed by atoms with Crippen molar-refractivity contribution in [1.82, 2.24) is 0 Å². The molecular weight excluding hydrogens is 244 g/mol. The molecule has 0 N–H and O–H groups in total. The summed E-state index contributed by atoms with van der Waals surface area (Å²) in [6.07, 6.45) is 1.04. The fourth-order valence-electron chi connectivity index (χ4n) is 1.86. The van der Waals surface area contributed by atoms with Crippen LogP contribution in [0.15, 0.2) is 30.3 Å². The molecule has 17 heavy (non-hydrogen) atoms. The van der Waals surface area contributed by atoms with Gasteiger partial charge < -0.3 is 8.54 Å². The van der Waals surface area contributed by atoms with Gasteiger partial charge in [-0.1, -0.05) is 30.3 Å². The van der Waals surface area contributed by atoms with E-state index in [1.165, 1.54) is 5.56 Å². The van der Waals surface area contributed by atoms with Crippen molar-refractivity contribution in [2.45, 2.75) is 38.7 Å². The van der Waals surface area contributed by atoms with Crippen molar-refractivity contribution in [3.63, 3.8) is 0 Å². The predicted molar refractivity (Wildman–Crippen MR) is 78.0 cm³/mol. The summed E-state index contributed by atoms with van der Waals surface area (Å²) in [5.41, 5.74) is 1.36. The minimum absolute atomic E-state index is 1.03. The van der Waals surface area contributed by atoms with Crippen molar-refractivity contribution >= 4 is 16.9 Å². The van der Waals surface area contributed by atoms with Crippen LogP contribution in [0.2, 0.25) is 32.2 Å². The number of hydrogen-bond donors (Lipinski definition) is 0. The lowest BCUT2D eigenvalue weighted by atomic mass is 10.2. The molecule has 1 aromatic carbocycles. The van der Waals surface area contributed by atoms with Crippen molar-refractivity contribution < 1.29 is 8.54 Å². The summed E-state index contributed by atoms with van der Waals surface area (Å²) in [5, 5.41) is 0. The summed E-state index contributed by atoms with van der Waals surface area (Å²) in [4.78, 5) is 0. The maximum absolute atomic E-state index is 6.25. The summed E-state index contributed by atoms with van der Waals surface area (Å²) in [6.45, 7) is 8.84. The molecule has 0 saturated carbocycles. The van der Waals surface area contributed by atoms with Gasteiger partial charge in [-0.15, -0.1) is 0 Å². The van der Waals surface area contributed by atoms with Crippen LogP contribution in [0.4, 0.5) is 0 Å². The van der Waals surface area contributed by atoms with Gasteiger partial charge >= 0.3 is 8.56 Å². The van der Waals surface area contributed by atoms with Crippen LogP contribution in [-0.2, 0) is 15.0 Å². The molecule has 0 saturated heterocycles. The maximum Gasteiger partial charge on any atom is 0.324 e. The van der Waals surface area contributed by atoms with Gasteiger partial charge in [0.2, 0.25) is 0 Å². The zero-order valence-electron chi connectivity index (χ0n) is 11.6. The molecule has 2 nitrogen and oxygen atoms in total. The van der Waals surface area contributed by atoms with Crippen molar-refractivity contribution in [1.29, 1.82) is 0 Å². The summed E-state index contributed by atoms with van der Waals surface area (Å²) in [5.74, 6) is 0. The van der Waals surface area contributed by atoms with Crippen molar-refractivity contribution in [3.8, 4) is 0 Å². The largest absolute Gasteiger partial charge is 0.436 e. The Labute approximate surface area is 107 Å². The Balaban J connectivity index is 2.58. The van der Waals surface area contributed by atoms with E-state index in [0.29, 0.717) is 0 Å². The minimum Gasteiger partial charge on any atom is -0.436 e. The molecule has 0 amide bonds. The molecule has 0 radical (unpaired) electrons. The van der Waals surface area contributed by atoms with Crippen molar-refractivity contribution in [3.05, 3.63) is 35.9 Å². The third-order valence-corrected chi connectivity index (χ3v) is 8.86. The molecule has 1 atom stereocenters. The first kappa shape index (κ1) is 14.6. The molecule has 0 aliphatic heterocycles. The van der Waals surface area contributed by atoms with Crippen LogP contribution in [0.25, 0.3) is 0 Å². The Morgan fingerprint density at radius 1 is 1.00 bits per heavy atom. The molecule has 0 aromatic heterocycles. The number of rotatable bonds is 6.